The molecule has 0 aromatic heterocycles. The summed E-state index contributed by atoms with van der Waals surface area (Å²) in [7, 11) is 1.57. The van der Waals surface area contributed by atoms with E-state index in [1.54, 1.807) is 13.2 Å². The lowest BCUT2D eigenvalue weighted by Gasteiger charge is -2.26. The molecule has 3 nitrogen and oxygen atoms in total. The molecule has 0 unspecified atom stereocenters. The SMILES string of the molecule is COc1cccc(CCNC2CCC2)c1O. The third-order valence-corrected chi connectivity index (χ3v) is 3.24. The molecule has 1 fully saturated rings. The minimum absolute atomic E-state index is 0.278. The van der Waals surface area contributed by atoms with E-state index in [9.17, 15) is 5.11 Å². The van der Waals surface area contributed by atoms with Gasteiger partial charge in [0.2, 0.25) is 0 Å². The van der Waals surface area contributed by atoms with Gasteiger partial charge < -0.3 is 15.2 Å². The Labute approximate surface area is 96.4 Å². The van der Waals surface area contributed by atoms with Crippen LogP contribution in [0, 0.1) is 0 Å². The second-order valence-electron chi connectivity index (χ2n) is 4.30. The smallest absolute Gasteiger partial charge is 0.160 e. The maximum atomic E-state index is 9.87. The molecule has 1 aromatic carbocycles. The van der Waals surface area contributed by atoms with Gasteiger partial charge in [0.1, 0.15) is 0 Å². The zero-order valence-corrected chi connectivity index (χ0v) is 9.70. The highest BCUT2D eigenvalue weighted by Gasteiger charge is 2.16. The van der Waals surface area contributed by atoms with Gasteiger partial charge >= 0.3 is 0 Å². The van der Waals surface area contributed by atoms with Gasteiger partial charge in [0, 0.05) is 6.04 Å². The average molecular weight is 221 g/mol. The van der Waals surface area contributed by atoms with Gasteiger partial charge in [-0.2, -0.15) is 0 Å². The standard InChI is InChI=1S/C13H19NO2/c1-16-12-7-2-4-10(13(12)15)8-9-14-11-5-3-6-11/h2,4,7,11,14-15H,3,5-6,8-9H2,1H3. The number of benzene rings is 1. The van der Waals surface area contributed by atoms with Crippen molar-refractivity contribution in [2.24, 2.45) is 0 Å². The fraction of sp³-hybridized carbons (Fsp3) is 0.538. The van der Waals surface area contributed by atoms with E-state index in [0.29, 0.717) is 11.8 Å². The van der Waals surface area contributed by atoms with E-state index < -0.39 is 0 Å². The summed E-state index contributed by atoms with van der Waals surface area (Å²) in [4.78, 5) is 0. The van der Waals surface area contributed by atoms with E-state index in [4.69, 9.17) is 4.74 Å². The number of phenols is 1. The largest absolute Gasteiger partial charge is 0.504 e. The van der Waals surface area contributed by atoms with Crippen molar-refractivity contribution in [2.45, 2.75) is 31.7 Å². The number of hydrogen-bond acceptors (Lipinski definition) is 3. The summed E-state index contributed by atoms with van der Waals surface area (Å²) >= 11 is 0. The van der Waals surface area contributed by atoms with Gasteiger partial charge in [-0.15, -0.1) is 0 Å². The van der Waals surface area contributed by atoms with Crippen molar-refractivity contribution in [3.63, 3.8) is 0 Å². The zero-order chi connectivity index (χ0) is 11.4. The number of phenolic OH excluding ortho intramolecular Hbond substituents is 1. The van der Waals surface area contributed by atoms with Gasteiger partial charge in [0.25, 0.3) is 0 Å². The van der Waals surface area contributed by atoms with Gasteiger partial charge in [-0.1, -0.05) is 18.6 Å². The Balaban J connectivity index is 1.87. The van der Waals surface area contributed by atoms with E-state index in [0.717, 1.165) is 18.5 Å². The Morgan fingerprint density at radius 1 is 1.44 bits per heavy atom. The van der Waals surface area contributed by atoms with E-state index in [1.165, 1.54) is 19.3 Å². The van der Waals surface area contributed by atoms with Crippen LogP contribution in [0.4, 0.5) is 0 Å². The van der Waals surface area contributed by atoms with Crippen molar-refractivity contribution in [3.05, 3.63) is 23.8 Å². The monoisotopic (exact) mass is 221 g/mol. The molecule has 1 aliphatic rings. The Bertz CT molecular complexity index is 348. The highest BCUT2D eigenvalue weighted by molar-refractivity contribution is 5.45. The summed E-state index contributed by atoms with van der Waals surface area (Å²) in [5.74, 6) is 0.835. The number of methoxy groups -OCH3 is 1. The molecule has 1 aromatic rings. The maximum absolute atomic E-state index is 9.87. The van der Waals surface area contributed by atoms with Crippen LogP contribution in [-0.4, -0.2) is 24.8 Å². The highest BCUT2D eigenvalue weighted by atomic mass is 16.5. The molecule has 1 saturated carbocycles. The fourth-order valence-electron chi connectivity index (χ4n) is 1.96. The molecule has 0 spiro atoms. The fourth-order valence-corrected chi connectivity index (χ4v) is 1.96. The molecule has 0 aliphatic heterocycles. The second kappa shape index (κ2) is 5.21. The third kappa shape index (κ3) is 2.47. The van der Waals surface area contributed by atoms with Gasteiger partial charge in [0.05, 0.1) is 7.11 Å². The topological polar surface area (TPSA) is 41.5 Å². The molecule has 16 heavy (non-hydrogen) atoms. The normalized spacial score (nSPS) is 15.8. The molecule has 2 rings (SSSR count). The first-order valence-corrected chi connectivity index (χ1v) is 5.89. The third-order valence-electron chi connectivity index (χ3n) is 3.24. The van der Waals surface area contributed by atoms with Crippen LogP contribution in [0.5, 0.6) is 11.5 Å². The Hall–Kier alpha value is -1.22. The van der Waals surface area contributed by atoms with Crippen LogP contribution < -0.4 is 10.1 Å². The number of aromatic hydroxyl groups is 1. The molecule has 0 saturated heterocycles. The molecular weight excluding hydrogens is 202 g/mol. The van der Waals surface area contributed by atoms with Gasteiger partial charge in [-0.3, -0.25) is 0 Å². The molecule has 88 valence electrons. The number of hydrogen-bond donors (Lipinski definition) is 2. The highest BCUT2D eigenvalue weighted by Crippen LogP contribution is 2.29. The van der Waals surface area contributed by atoms with E-state index in [1.807, 2.05) is 12.1 Å². The van der Waals surface area contributed by atoms with Crippen molar-refractivity contribution < 1.29 is 9.84 Å². The number of para-hydroxylation sites is 1. The van der Waals surface area contributed by atoms with E-state index in [2.05, 4.69) is 5.32 Å². The average Bonchev–Trinajstić information content (AvgIpc) is 2.24. The minimum atomic E-state index is 0.278. The quantitative estimate of drug-likeness (QED) is 0.800. The molecule has 0 atom stereocenters. The Morgan fingerprint density at radius 2 is 2.25 bits per heavy atom. The zero-order valence-electron chi connectivity index (χ0n) is 9.70. The van der Waals surface area contributed by atoms with Gasteiger partial charge in [0.15, 0.2) is 11.5 Å². The summed E-state index contributed by atoms with van der Waals surface area (Å²) in [5.41, 5.74) is 0.950. The predicted octanol–water partition coefficient (Wildman–Crippen LogP) is 2.09. The molecule has 0 heterocycles. The lowest BCUT2D eigenvalue weighted by molar-refractivity contribution is 0.340. The lowest BCUT2D eigenvalue weighted by atomic mass is 9.93. The van der Waals surface area contributed by atoms with Crippen molar-refractivity contribution in [1.82, 2.24) is 5.32 Å². The van der Waals surface area contributed by atoms with Crippen LogP contribution in [0.3, 0.4) is 0 Å². The van der Waals surface area contributed by atoms with E-state index in [-0.39, 0.29) is 5.75 Å². The van der Waals surface area contributed by atoms with Crippen molar-refractivity contribution in [1.29, 1.82) is 0 Å². The number of rotatable bonds is 5. The first-order valence-electron chi connectivity index (χ1n) is 5.89. The summed E-state index contributed by atoms with van der Waals surface area (Å²) < 4.78 is 5.07. The Morgan fingerprint density at radius 3 is 2.88 bits per heavy atom. The first-order chi connectivity index (χ1) is 7.81. The molecule has 1 aliphatic carbocycles. The molecule has 0 amide bonds. The molecule has 3 heteroatoms. The van der Waals surface area contributed by atoms with Crippen molar-refractivity contribution in [3.8, 4) is 11.5 Å². The molecular formula is C13H19NO2. The number of nitrogens with one attached hydrogen (secondary N) is 1. The maximum Gasteiger partial charge on any atom is 0.160 e. The van der Waals surface area contributed by atoms with Crippen LogP contribution >= 0.6 is 0 Å². The second-order valence-corrected chi connectivity index (χ2v) is 4.30. The predicted molar refractivity (Wildman–Crippen MR) is 64.0 cm³/mol. The van der Waals surface area contributed by atoms with Gasteiger partial charge in [-0.25, -0.2) is 0 Å². The van der Waals surface area contributed by atoms with Crippen molar-refractivity contribution in [2.75, 3.05) is 13.7 Å². The van der Waals surface area contributed by atoms with Crippen molar-refractivity contribution >= 4 is 0 Å². The molecule has 0 radical (unpaired) electrons. The Kier molecular flexibility index (Phi) is 3.67. The minimum Gasteiger partial charge on any atom is -0.504 e. The van der Waals surface area contributed by atoms with Crippen LogP contribution in [0.25, 0.3) is 0 Å². The van der Waals surface area contributed by atoms with Crippen LogP contribution in [0.1, 0.15) is 24.8 Å². The van der Waals surface area contributed by atoms with Gasteiger partial charge in [-0.05, 0) is 37.4 Å². The first kappa shape index (κ1) is 11.3. The van der Waals surface area contributed by atoms with E-state index >= 15 is 0 Å². The summed E-state index contributed by atoms with van der Waals surface area (Å²) in [5, 5.41) is 13.4. The lowest BCUT2D eigenvalue weighted by Crippen LogP contribution is -2.36. The van der Waals surface area contributed by atoms with Crippen LogP contribution in [-0.2, 0) is 6.42 Å². The summed E-state index contributed by atoms with van der Waals surface area (Å²) in [6, 6.07) is 6.34. The summed E-state index contributed by atoms with van der Waals surface area (Å²) in [6.07, 6.45) is 4.79. The van der Waals surface area contributed by atoms with Crippen LogP contribution in [0.2, 0.25) is 0 Å². The molecule has 0 bridgehead atoms. The van der Waals surface area contributed by atoms with Crippen LogP contribution in [0.15, 0.2) is 18.2 Å². The molecule has 2 N–H and O–H groups in total. The number of ether oxygens (including phenoxy) is 1. The summed E-state index contributed by atoms with van der Waals surface area (Å²) in [6.45, 7) is 0.922.